The summed E-state index contributed by atoms with van der Waals surface area (Å²) in [5.74, 6) is -2.80. The van der Waals surface area contributed by atoms with E-state index in [0.29, 0.717) is 32.1 Å². The molecule has 0 aromatic carbocycles. The van der Waals surface area contributed by atoms with Gasteiger partial charge in [-0.1, -0.05) is 53.2 Å². The number of carbonyl (C=O) groups excluding carboxylic acids is 2. The molecule has 28 heteroatoms. The molecule has 32 atom stereocenters. The summed E-state index contributed by atoms with van der Waals surface area (Å²) in [6, 6.07) is 0. The second kappa shape index (κ2) is 24.6. The molecule has 28 nitrogen and oxygen atoms in total. The summed E-state index contributed by atoms with van der Waals surface area (Å²) in [6.07, 6.45) is -31.6. The normalized spacial score (nSPS) is 54.0. The first-order valence-corrected chi connectivity index (χ1v) is 30.6. The van der Waals surface area contributed by atoms with E-state index in [2.05, 4.69) is 40.7 Å². The third kappa shape index (κ3) is 11.2. The molecule has 0 spiro atoms. The number of aliphatic hydroxyl groups excluding tert-OH is 14. The van der Waals surface area contributed by atoms with Gasteiger partial charge in [0.05, 0.1) is 64.1 Å². The van der Waals surface area contributed by atoms with Crippen LogP contribution in [0.4, 0.5) is 0 Å². The number of rotatable bonds is 14. The van der Waals surface area contributed by atoms with Crippen molar-refractivity contribution in [1.82, 2.24) is 0 Å². The van der Waals surface area contributed by atoms with Gasteiger partial charge >= 0.3 is 11.9 Å². The van der Waals surface area contributed by atoms with Crippen LogP contribution in [0.1, 0.15) is 107 Å². The molecular weight excluding hydrogens is 1160 g/mol. The summed E-state index contributed by atoms with van der Waals surface area (Å²) in [7, 11) is 0. The Bertz CT molecular complexity index is 2490. The van der Waals surface area contributed by atoms with Gasteiger partial charge in [-0.25, -0.2) is 0 Å². The molecule has 15 N–H and O–H groups in total. The highest BCUT2D eigenvalue weighted by Gasteiger charge is 2.73. The molecule has 5 saturated heterocycles. The number of aliphatic hydroxyl groups is 15. The van der Waals surface area contributed by atoms with Crippen molar-refractivity contribution >= 4 is 11.9 Å². The lowest BCUT2D eigenvalue weighted by Crippen LogP contribution is -2.70. The number of carbonyl (C=O) groups is 2. The second-order valence-corrected chi connectivity index (χ2v) is 28.6. The number of fused-ring (bicyclic) bond motifs is 7. The van der Waals surface area contributed by atoms with Gasteiger partial charge in [-0.2, -0.15) is 0 Å². The zero-order valence-corrected chi connectivity index (χ0v) is 50.5. The van der Waals surface area contributed by atoms with E-state index < -0.39 is 231 Å². The first-order valence-electron chi connectivity index (χ1n) is 30.6. The Hall–Kier alpha value is -2.28. The summed E-state index contributed by atoms with van der Waals surface area (Å²) >= 11 is 0. The molecule has 10 rings (SSSR count). The molecule has 0 unspecified atom stereocenters. The van der Waals surface area contributed by atoms with Crippen LogP contribution in [0.5, 0.6) is 0 Å². The van der Waals surface area contributed by atoms with Crippen molar-refractivity contribution < 1.29 is 138 Å². The van der Waals surface area contributed by atoms with Gasteiger partial charge in [-0.05, 0) is 97.7 Å². The van der Waals surface area contributed by atoms with E-state index in [1.54, 1.807) is 0 Å². The Morgan fingerprint density at radius 3 is 1.91 bits per heavy atom. The Labute approximate surface area is 504 Å². The number of hydrogen-bond donors (Lipinski definition) is 15. The van der Waals surface area contributed by atoms with Crippen LogP contribution in [-0.4, -0.2) is 275 Å². The average Bonchev–Trinajstić information content (AvgIpc) is 0.895. The van der Waals surface area contributed by atoms with Gasteiger partial charge in [0, 0.05) is 12.3 Å². The van der Waals surface area contributed by atoms with Gasteiger partial charge in [-0.3, -0.25) is 9.59 Å². The van der Waals surface area contributed by atoms with Crippen molar-refractivity contribution in [2.24, 2.45) is 50.2 Å². The van der Waals surface area contributed by atoms with Crippen LogP contribution in [0.15, 0.2) is 11.6 Å². The smallest absolute Gasteiger partial charge is 0.317 e. The molecule has 0 aromatic rings. The molecule has 0 bridgehead atoms. The number of allylic oxidation sites excluding steroid dienone is 2. The summed E-state index contributed by atoms with van der Waals surface area (Å²) in [5.41, 5.74) is -6.17. The van der Waals surface area contributed by atoms with Crippen molar-refractivity contribution in [3.05, 3.63) is 11.6 Å². The minimum Gasteiger partial charge on any atom is -0.457 e. The third-order valence-electron chi connectivity index (χ3n) is 22.8. The molecule has 10 aliphatic rings. The summed E-state index contributed by atoms with van der Waals surface area (Å²) in [5, 5.41) is 166. The van der Waals surface area contributed by atoms with Crippen LogP contribution in [0, 0.1) is 50.2 Å². The zero-order chi connectivity index (χ0) is 63.6. The van der Waals surface area contributed by atoms with Crippen LogP contribution >= 0.6 is 0 Å². The topological polar surface area (TPSA) is 439 Å². The summed E-state index contributed by atoms with van der Waals surface area (Å²) < 4.78 is 64.8. The minimum absolute atomic E-state index is 0.110. The maximum atomic E-state index is 15.5. The lowest BCUT2D eigenvalue weighted by Gasteiger charge is -2.72. The van der Waals surface area contributed by atoms with Crippen molar-refractivity contribution in [1.29, 1.82) is 0 Å². The van der Waals surface area contributed by atoms with E-state index in [0.717, 1.165) is 12.5 Å². The Morgan fingerprint density at radius 1 is 0.609 bits per heavy atom. The molecule has 87 heavy (non-hydrogen) atoms. The van der Waals surface area contributed by atoms with Crippen molar-refractivity contribution in [2.75, 3.05) is 39.6 Å². The highest BCUT2D eigenvalue weighted by atomic mass is 16.8. The van der Waals surface area contributed by atoms with Crippen LogP contribution in [0.2, 0.25) is 0 Å². The molecule has 5 aliphatic carbocycles. The molecule has 9 fully saturated rings. The molecule has 498 valence electrons. The standard InChI is InChI=1S/C59H94O28/c1-24-41(83-47-39(72)42(30(66)20-77-47)84-51-45(74)58(76,22-62)23-79-51)43(81-25(2)63)40(73)49(80-24)85-44-35(68)29(65)19-78-50(44)87-52(75)59-14-13-53(3,4)15-27(59)26-9-10-33-54(5)16-28(64)46(86-48-38(71)37(70)36(69)31(18-60)82-48)55(6,21-61)32(54)11-12-56(33,7)57(26,8)17-34(59)67/h9,24,27-51,60-62,64-74,76H,10-23H2,1-8H3/t24-,27+,28-,29-,30+,31+,32+,33+,34+,35-,36+,37-,38+,39+,40+,41-,42-,43-,44+,45-,46-,47-,48-,49-,50-,51-,54-,55-,56+,57+,58+,59+/m0/s1. The van der Waals surface area contributed by atoms with Crippen molar-refractivity contribution in [3.63, 3.8) is 0 Å². The first kappa shape index (κ1) is 67.6. The predicted molar refractivity (Wildman–Crippen MR) is 290 cm³/mol. The fraction of sp³-hybridized carbons (Fsp3) is 0.932. The largest absolute Gasteiger partial charge is 0.457 e. The number of hydrogen-bond acceptors (Lipinski definition) is 28. The van der Waals surface area contributed by atoms with Gasteiger partial charge in [0.15, 0.2) is 37.4 Å². The zero-order valence-electron chi connectivity index (χ0n) is 50.5. The molecule has 0 amide bonds. The van der Waals surface area contributed by atoms with Crippen LogP contribution < -0.4 is 0 Å². The molecule has 0 aromatic heterocycles. The van der Waals surface area contributed by atoms with Gasteiger partial charge in [0.1, 0.15) is 84.3 Å². The van der Waals surface area contributed by atoms with E-state index >= 15 is 4.79 Å². The minimum atomic E-state index is -2.09. The van der Waals surface area contributed by atoms with Gasteiger partial charge < -0.3 is 129 Å². The Morgan fingerprint density at radius 2 is 1.25 bits per heavy atom. The SMILES string of the molecule is CC(=O)O[C@H]1[C@@H](O)[C@H](O[C@H]2[C@H](OC(=O)[C@]34CCC(C)(C)C[C@@H]3C3=CC[C@@H]5[C@@]6(C)C[C@H](O)[C@H](O[C@@H]7O[C@H](CO)[C@@H](O)[C@H](O)[C@H]7O)[C@@](C)(CO)[C@@H]6CC[C@@]5(C)[C@]3(C)C[C@H]4O)OC[C@H](O)[C@@H]2O)O[C@@H](C)[C@@H]1O[C@@H]1OC[C@@H](O)[C@H](O[C@@H]2OC[C@](O)(CO)[C@H]2O)[C@H]1O. The average molecular weight is 1250 g/mol. The maximum absolute atomic E-state index is 15.5. The quantitative estimate of drug-likeness (QED) is 0.0451. The van der Waals surface area contributed by atoms with E-state index in [4.69, 9.17) is 52.1 Å². The van der Waals surface area contributed by atoms with Crippen molar-refractivity contribution in [3.8, 4) is 0 Å². The molecule has 5 aliphatic heterocycles. The number of esters is 2. The van der Waals surface area contributed by atoms with E-state index in [9.17, 15) is 81.4 Å². The van der Waals surface area contributed by atoms with E-state index in [1.807, 2.05) is 6.92 Å². The summed E-state index contributed by atoms with van der Waals surface area (Å²) in [4.78, 5) is 28.2. The van der Waals surface area contributed by atoms with Gasteiger partial charge in [0.25, 0.3) is 0 Å². The highest BCUT2D eigenvalue weighted by molar-refractivity contribution is 5.80. The second-order valence-electron chi connectivity index (χ2n) is 28.6. The van der Waals surface area contributed by atoms with E-state index in [-0.39, 0.29) is 36.5 Å². The maximum Gasteiger partial charge on any atom is 0.317 e. The lowest BCUT2D eigenvalue weighted by molar-refractivity contribution is -0.372. The predicted octanol–water partition coefficient (Wildman–Crippen LogP) is -3.78. The van der Waals surface area contributed by atoms with Gasteiger partial charge in [-0.15, -0.1) is 0 Å². The van der Waals surface area contributed by atoms with Crippen LogP contribution in [0.25, 0.3) is 0 Å². The summed E-state index contributed by atoms with van der Waals surface area (Å²) in [6.45, 7) is 11.4. The molecular formula is C59H94O28. The third-order valence-corrected chi connectivity index (χ3v) is 22.8. The first-order chi connectivity index (χ1) is 40.7. The molecule has 0 radical (unpaired) electrons. The van der Waals surface area contributed by atoms with Crippen molar-refractivity contribution in [2.45, 2.75) is 254 Å². The molecule has 5 heterocycles. The molecule has 4 saturated carbocycles. The highest BCUT2D eigenvalue weighted by Crippen LogP contribution is 2.76. The van der Waals surface area contributed by atoms with Gasteiger partial charge in [0.2, 0.25) is 6.29 Å². The van der Waals surface area contributed by atoms with E-state index in [1.165, 1.54) is 6.92 Å². The Balaban J connectivity index is 0.877. The monoisotopic (exact) mass is 1250 g/mol. The number of ether oxygens (including phenoxy) is 11. The van der Waals surface area contributed by atoms with Crippen LogP contribution in [-0.2, 0) is 61.7 Å². The van der Waals surface area contributed by atoms with Crippen LogP contribution in [0.3, 0.4) is 0 Å². The Kier molecular flexibility index (Phi) is 19.1. The fourth-order valence-electron chi connectivity index (χ4n) is 17.7. The lowest BCUT2D eigenvalue weighted by atomic mass is 9.33. The fourth-order valence-corrected chi connectivity index (χ4v) is 17.7.